The SMILES string of the molecule is COC(=O)CC(C)CC(N)c1cc(OC)c(OC)cc1C. The van der Waals surface area contributed by atoms with Crippen LogP contribution in [0.25, 0.3) is 0 Å². The lowest BCUT2D eigenvalue weighted by Gasteiger charge is -2.20. The third kappa shape index (κ3) is 4.63. The highest BCUT2D eigenvalue weighted by Crippen LogP contribution is 2.34. The van der Waals surface area contributed by atoms with Gasteiger partial charge in [0.2, 0.25) is 0 Å². The van der Waals surface area contributed by atoms with Crippen LogP contribution in [0.2, 0.25) is 0 Å². The first-order valence-electron chi connectivity index (χ1n) is 6.97. The van der Waals surface area contributed by atoms with Gasteiger partial charge in [0, 0.05) is 12.5 Å². The van der Waals surface area contributed by atoms with Crippen molar-refractivity contribution in [2.45, 2.75) is 32.7 Å². The number of carbonyl (C=O) groups is 1. The molecule has 0 amide bonds. The number of benzene rings is 1. The lowest BCUT2D eigenvalue weighted by atomic mass is 9.92. The molecule has 0 heterocycles. The molecule has 0 fully saturated rings. The Morgan fingerprint density at radius 1 is 1.19 bits per heavy atom. The van der Waals surface area contributed by atoms with Gasteiger partial charge < -0.3 is 19.9 Å². The van der Waals surface area contributed by atoms with Crippen LogP contribution in [0.3, 0.4) is 0 Å². The van der Waals surface area contributed by atoms with Gasteiger partial charge in [0.05, 0.1) is 21.3 Å². The van der Waals surface area contributed by atoms with Gasteiger partial charge in [-0.3, -0.25) is 4.79 Å². The van der Waals surface area contributed by atoms with Crippen molar-refractivity contribution >= 4 is 5.97 Å². The second kappa shape index (κ2) is 7.88. The van der Waals surface area contributed by atoms with Crippen LogP contribution in [0, 0.1) is 12.8 Å². The summed E-state index contributed by atoms with van der Waals surface area (Å²) in [5.41, 5.74) is 8.33. The number of hydrogen-bond acceptors (Lipinski definition) is 5. The summed E-state index contributed by atoms with van der Waals surface area (Å²) in [7, 11) is 4.60. The molecular formula is C16H25NO4. The largest absolute Gasteiger partial charge is 0.493 e. The minimum absolute atomic E-state index is 0.153. The number of hydrogen-bond donors (Lipinski definition) is 1. The molecule has 0 aliphatic rings. The third-order valence-corrected chi connectivity index (χ3v) is 3.57. The summed E-state index contributed by atoms with van der Waals surface area (Å²) < 4.78 is 15.3. The molecule has 1 aromatic carbocycles. The zero-order valence-electron chi connectivity index (χ0n) is 13.4. The van der Waals surface area contributed by atoms with Gasteiger partial charge in [-0.05, 0) is 42.5 Å². The zero-order chi connectivity index (χ0) is 16.0. The van der Waals surface area contributed by atoms with Gasteiger partial charge in [-0.25, -0.2) is 0 Å². The van der Waals surface area contributed by atoms with Gasteiger partial charge in [0.15, 0.2) is 11.5 Å². The fourth-order valence-electron chi connectivity index (χ4n) is 2.41. The van der Waals surface area contributed by atoms with Gasteiger partial charge >= 0.3 is 5.97 Å². The maximum absolute atomic E-state index is 11.3. The normalized spacial score (nSPS) is 13.4. The summed E-state index contributed by atoms with van der Waals surface area (Å²) in [6.45, 7) is 3.98. The minimum atomic E-state index is -0.210. The summed E-state index contributed by atoms with van der Waals surface area (Å²) in [6.07, 6.45) is 1.07. The highest BCUT2D eigenvalue weighted by molar-refractivity contribution is 5.69. The van der Waals surface area contributed by atoms with E-state index in [0.29, 0.717) is 24.3 Å². The number of methoxy groups -OCH3 is 3. The Labute approximate surface area is 126 Å². The Kier molecular flexibility index (Phi) is 6.49. The van der Waals surface area contributed by atoms with Crippen molar-refractivity contribution in [1.82, 2.24) is 0 Å². The topological polar surface area (TPSA) is 70.8 Å². The Morgan fingerprint density at radius 2 is 1.76 bits per heavy atom. The van der Waals surface area contributed by atoms with Gasteiger partial charge in [-0.15, -0.1) is 0 Å². The van der Waals surface area contributed by atoms with Crippen molar-refractivity contribution in [2.75, 3.05) is 21.3 Å². The molecule has 0 radical (unpaired) electrons. The first-order chi connectivity index (χ1) is 9.92. The minimum Gasteiger partial charge on any atom is -0.493 e. The van der Waals surface area contributed by atoms with Gasteiger partial charge in [-0.2, -0.15) is 0 Å². The van der Waals surface area contributed by atoms with Crippen LogP contribution in [0.15, 0.2) is 12.1 Å². The highest BCUT2D eigenvalue weighted by atomic mass is 16.5. The van der Waals surface area contributed by atoms with E-state index < -0.39 is 0 Å². The van der Waals surface area contributed by atoms with Gasteiger partial charge in [-0.1, -0.05) is 6.92 Å². The Bertz CT molecular complexity index is 487. The molecule has 1 aromatic rings. The molecule has 1 rings (SSSR count). The van der Waals surface area contributed by atoms with E-state index in [-0.39, 0.29) is 17.9 Å². The van der Waals surface area contributed by atoms with E-state index in [1.165, 1.54) is 7.11 Å². The molecule has 5 nitrogen and oxygen atoms in total. The smallest absolute Gasteiger partial charge is 0.305 e. The highest BCUT2D eigenvalue weighted by Gasteiger charge is 2.18. The predicted octanol–water partition coefficient (Wildman–Crippen LogP) is 2.60. The van der Waals surface area contributed by atoms with Gasteiger partial charge in [0.25, 0.3) is 0 Å². The Morgan fingerprint density at radius 3 is 2.29 bits per heavy atom. The van der Waals surface area contributed by atoms with E-state index >= 15 is 0 Å². The number of nitrogens with two attached hydrogens (primary N) is 1. The van der Waals surface area contributed by atoms with Crippen molar-refractivity contribution in [3.63, 3.8) is 0 Å². The molecule has 2 unspecified atom stereocenters. The van der Waals surface area contributed by atoms with Crippen LogP contribution in [-0.4, -0.2) is 27.3 Å². The van der Waals surface area contributed by atoms with E-state index in [4.69, 9.17) is 15.2 Å². The molecule has 0 saturated heterocycles. The first-order valence-corrected chi connectivity index (χ1v) is 6.97. The third-order valence-electron chi connectivity index (χ3n) is 3.57. The van der Waals surface area contributed by atoms with Crippen molar-refractivity contribution in [2.24, 2.45) is 11.7 Å². The molecule has 5 heteroatoms. The van der Waals surface area contributed by atoms with Crippen LogP contribution in [0.5, 0.6) is 11.5 Å². The molecule has 0 aromatic heterocycles. The predicted molar refractivity (Wildman–Crippen MR) is 81.6 cm³/mol. The monoisotopic (exact) mass is 295 g/mol. The Hall–Kier alpha value is -1.75. The average molecular weight is 295 g/mol. The molecule has 0 saturated carbocycles. The van der Waals surface area contributed by atoms with Crippen LogP contribution < -0.4 is 15.2 Å². The van der Waals surface area contributed by atoms with Crippen LogP contribution in [0.1, 0.15) is 36.9 Å². The van der Waals surface area contributed by atoms with E-state index in [0.717, 1.165) is 11.1 Å². The fourth-order valence-corrected chi connectivity index (χ4v) is 2.41. The van der Waals surface area contributed by atoms with E-state index in [1.54, 1.807) is 14.2 Å². The molecule has 2 atom stereocenters. The van der Waals surface area contributed by atoms with E-state index in [1.807, 2.05) is 26.0 Å². The fraction of sp³-hybridized carbons (Fsp3) is 0.562. The summed E-state index contributed by atoms with van der Waals surface area (Å²) in [5.74, 6) is 1.29. The number of aryl methyl sites for hydroxylation is 1. The lowest BCUT2D eigenvalue weighted by molar-refractivity contribution is -0.141. The maximum Gasteiger partial charge on any atom is 0.305 e. The first kappa shape index (κ1) is 17.3. The molecule has 118 valence electrons. The van der Waals surface area contributed by atoms with Crippen molar-refractivity contribution in [3.8, 4) is 11.5 Å². The number of esters is 1. The summed E-state index contributed by atoms with van der Waals surface area (Å²) in [4.78, 5) is 11.3. The number of rotatable bonds is 7. The molecule has 0 aliphatic heterocycles. The summed E-state index contributed by atoms with van der Waals surface area (Å²) in [6, 6.07) is 3.66. The standard InChI is InChI=1S/C16H25NO4/c1-10(7-16(18)21-5)6-13(17)12-9-15(20-4)14(19-3)8-11(12)2/h8-10,13H,6-7,17H2,1-5H3. The molecule has 2 N–H and O–H groups in total. The Balaban J connectivity index is 2.86. The van der Waals surface area contributed by atoms with Crippen LogP contribution in [-0.2, 0) is 9.53 Å². The molecule has 21 heavy (non-hydrogen) atoms. The summed E-state index contributed by atoms with van der Waals surface area (Å²) in [5, 5.41) is 0. The van der Waals surface area contributed by atoms with E-state index in [9.17, 15) is 4.79 Å². The number of carbonyl (C=O) groups excluding carboxylic acids is 1. The van der Waals surface area contributed by atoms with Crippen molar-refractivity contribution < 1.29 is 19.0 Å². The average Bonchev–Trinajstić information content (AvgIpc) is 2.46. The molecule has 0 aliphatic carbocycles. The zero-order valence-corrected chi connectivity index (χ0v) is 13.4. The lowest BCUT2D eigenvalue weighted by Crippen LogP contribution is -2.17. The molecule has 0 bridgehead atoms. The summed E-state index contributed by atoms with van der Waals surface area (Å²) >= 11 is 0. The van der Waals surface area contributed by atoms with Crippen LogP contribution >= 0.6 is 0 Å². The molecule has 0 spiro atoms. The maximum atomic E-state index is 11.3. The quantitative estimate of drug-likeness (QED) is 0.783. The second-order valence-electron chi connectivity index (χ2n) is 5.29. The second-order valence-corrected chi connectivity index (χ2v) is 5.29. The van der Waals surface area contributed by atoms with Crippen molar-refractivity contribution in [1.29, 1.82) is 0 Å². The number of ether oxygens (including phenoxy) is 3. The molecular weight excluding hydrogens is 270 g/mol. The van der Waals surface area contributed by atoms with Crippen molar-refractivity contribution in [3.05, 3.63) is 23.3 Å². The van der Waals surface area contributed by atoms with Gasteiger partial charge in [0.1, 0.15) is 0 Å². The van der Waals surface area contributed by atoms with Crippen LogP contribution in [0.4, 0.5) is 0 Å². The van der Waals surface area contributed by atoms with E-state index in [2.05, 4.69) is 4.74 Å².